The normalized spacial score (nSPS) is 12.2. The molecular formula is C30H36BrN3O4S. The zero-order chi connectivity index (χ0) is 28.6. The summed E-state index contributed by atoms with van der Waals surface area (Å²) in [5.41, 5.74) is 2.30. The Labute approximate surface area is 240 Å². The summed E-state index contributed by atoms with van der Waals surface area (Å²) in [7, 11) is -4.08. The number of rotatable bonds is 12. The second-order valence-electron chi connectivity index (χ2n) is 9.71. The third-order valence-electron chi connectivity index (χ3n) is 6.30. The Morgan fingerprint density at radius 1 is 0.923 bits per heavy atom. The van der Waals surface area contributed by atoms with Crippen molar-refractivity contribution >= 4 is 43.5 Å². The highest BCUT2D eigenvalue weighted by atomic mass is 79.9. The molecule has 3 aromatic carbocycles. The lowest BCUT2D eigenvalue weighted by Crippen LogP contribution is -2.54. The minimum atomic E-state index is -4.08. The van der Waals surface area contributed by atoms with Gasteiger partial charge >= 0.3 is 0 Å². The molecule has 1 N–H and O–H groups in total. The zero-order valence-electron chi connectivity index (χ0n) is 22.8. The van der Waals surface area contributed by atoms with Gasteiger partial charge in [0.15, 0.2) is 0 Å². The summed E-state index contributed by atoms with van der Waals surface area (Å²) in [6.45, 7) is 7.28. The summed E-state index contributed by atoms with van der Waals surface area (Å²) in [5, 5.41) is 2.91. The Morgan fingerprint density at radius 3 is 2.10 bits per heavy atom. The van der Waals surface area contributed by atoms with Gasteiger partial charge in [0, 0.05) is 17.1 Å². The molecule has 7 nitrogen and oxygen atoms in total. The van der Waals surface area contributed by atoms with Crippen LogP contribution in [-0.4, -0.2) is 50.3 Å². The van der Waals surface area contributed by atoms with Crippen molar-refractivity contribution in [2.45, 2.75) is 57.5 Å². The summed E-state index contributed by atoms with van der Waals surface area (Å²) in [5.74, 6) is -0.708. The van der Waals surface area contributed by atoms with Crippen LogP contribution in [-0.2, 0) is 26.0 Å². The van der Waals surface area contributed by atoms with Crippen molar-refractivity contribution in [3.63, 3.8) is 0 Å². The molecular weight excluding hydrogens is 578 g/mol. The van der Waals surface area contributed by atoms with E-state index in [2.05, 4.69) is 21.2 Å². The maximum absolute atomic E-state index is 14.0. The third-order valence-corrected chi connectivity index (χ3v) is 8.62. The summed E-state index contributed by atoms with van der Waals surface area (Å²) >= 11 is 3.39. The molecule has 208 valence electrons. The van der Waals surface area contributed by atoms with Gasteiger partial charge in [-0.1, -0.05) is 70.9 Å². The van der Waals surface area contributed by atoms with Crippen LogP contribution in [0.3, 0.4) is 0 Å². The van der Waals surface area contributed by atoms with E-state index >= 15 is 0 Å². The van der Waals surface area contributed by atoms with E-state index in [1.165, 1.54) is 4.90 Å². The number of hydrogen-bond acceptors (Lipinski definition) is 4. The first kappa shape index (κ1) is 30.4. The maximum atomic E-state index is 14.0. The van der Waals surface area contributed by atoms with Gasteiger partial charge in [-0.2, -0.15) is 0 Å². The number of nitrogens with one attached hydrogen (secondary N) is 1. The first-order chi connectivity index (χ1) is 18.5. The van der Waals surface area contributed by atoms with E-state index in [1.54, 1.807) is 48.5 Å². The molecule has 0 aliphatic heterocycles. The molecule has 0 aliphatic rings. The molecule has 0 saturated carbocycles. The van der Waals surface area contributed by atoms with E-state index in [9.17, 15) is 18.0 Å². The predicted molar refractivity (Wildman–Crippen MR) is 159 cm³/mol. The van der Waals surface area contributed by atoms with Gasteiger partial charge in [0.2, 0.25) is 11.8 Å². The Morgan fingerprint density at radius 2 is 1.54 bits per heavy atom. The lowest BCUT2D eigenvalue weighted by atomic mass is 10.1. The highest BCUT2D eigenvalue weighted by Crippen LogP contribution is 2.26. The quantitative estimate of drug-likeness (QED) is 0.299. The first-order valence-electron chi connectivity index (χ1n) is 13.0. The average Bonchev–Trinajstić information content (AvgIpc) is 2.90. The fourth-order valence-electron chi connectivity index (χ4n) is 4.25. The molecule has 0 aliphatic carbocycles. The number of hydrogen-bond donors (Lipinski definition) is 1. The highest BCUT2D eigenvalue weighted by Gasteiger charge is 2.33. The molecule has 0 aromatic heterocycles. The summed E-state index contributed by atoms with van der Waals surface area (Å²) in [6, 6.07) is 22.2. The van der Waals surface area contributed by atoms with Gasteiger partial charge in [0.05, 0.1) is 10.6 Å². The Hall–Kier alpha value is -3.17. The van der Waals surface area contributed by atoms with E-state index in [1.807, 2.05) is 58.0 Å². The van der Waals surface area contributed by atoms with Crippen LogP contribution in [0.1, 0.15) is 38.3 Å². The molecule has 1 atom stereocenters. The fraction of sp³-hybridized carbons (Fsp3) is 0.333. The van der Waals surface area contributed by atoms with Gasteiger partial charge in [0.1, 0.15) is 12.6 Å². The number of nitrogens with zero attached hydrogens (tertiary/aromatic N) is 2. The van der Waals surface area contributed by atoms with Crippen molar-refractivity contribution in [3.8, 4) is 0 Å². The molecule has 9 heteroatoms. The summed E-state index contributed by atoms with van der Waals surface area (Å²) in [4.78, 5) is 28.7. The van der Waals surface area contributed by atoms with Gasteiger partial charge in [0.25, 0.3) is 10.0 Å². The van der Waals surface area contributed by atoms with Crippen LogP contribution in [0.15, 0.2) is 88.2 Å². The monoisotopic (exact) mass is 613 g/mol. The third kappa shape index (κ3) is 8.16. The van der Waals surface area contributed by atoms with E-state index < -0.39 is 28.5 Å². The Balaban J connectivity index is 2.00. The van der Waals surface area contributed by atoms with Crippen LogP contribution in [0.2, 0.25) is 0 Å². The number of halogens is 1. The van der Waals surface area contributed by atoms with Crippen molar-refractivity contribution < 1.29 is 18.0 Å². The molecule has 0 radical (unpaired) electrons. The van der Waals surface area contributed by atoms with E-state index in [4.69, 9.17) is 0 Å². The molecule has 0 saturated heterocycles. The van der Waals surface area contributed by atoms with E-state index in [-0.39, 0.29) is 23.4 Å². The van der Waals surface area contributed by atoms with Crippen molar-refractivity contribution in [2.24, 2.45) is 0 Å². The highest BCUT2D eigenvalue weighted by molar-refractivity contribution is 9.10. The molecule has 0 bridgehead atoms. The fourth-order valence-corrected chi connectivity index (χ4v) is 5.93. The van der Waals surface area contributed by atoms with Gasteiger partial charge in [-0.25, -0.2) is 8.42 Å². The molecule has 0 fully saturated rings. The smallest absolute Gasteiger partial charge is 0.264 e. The molecule has 3 rings (SSSR count). The lowest BCUT2D eigenvalue weighted by Gasteiger charge is -2.33. The van der Waals surface area contributed by atoms with Crippen LogP contribution in [0.25, 0.3) is 0 Å². The van der Waals surface area contributed by atoms with Gasteiger partial charge < -0.3 is 10.2 Å². The molecule has 0 unspecified atom stereocenters. The van der Waals surface area contributed by atoms with Crippen LogP contribution in [0.5, 0.6) is 0 Å². The van der Waals surface area contributed by atoms with E-state index in [0.29, 0.717) is 18.5 Å². The zero-order valence-corrected chi connectivity index (χ0v) is 25.2. The molecule has 0 spiro atoms. The maximum Gasteiger partial charge on any atom is 0.264 e. The minimum Gasteiger partial charge on any atom is -0.352 e. The number of amides is 2. The van der Waals surface area contributed by atoms with E-state index in [0.717, 1.165) is 19.9 Å². The number of carbonyl (C=O) groups is 2. The van der Waals surface area contributed by atoms with Gasteiger partial charge in [-0.15, -0.1) is 0 Å². The average molecular weight is 615 g/mol. The number of anilines is 1. The Bertz CT molecular complexity index is 1350. The summed E-state index contributed by atoms with van der Waals surface area (Å²) in [6.07, 6.45) is 0.920. The van der Waals surface area contributed by atoms with Crippen molar-refractivity contribution in [1.29, 1.82) is 0 Å². The van der Waals surface area contributed by atoms with Crippen molar-refractivity contribution in [1.82, 2.24) is 10.2 Å². The SMILES string of the molecule is CC[C@@H](C(=O)NC(C)C)N(CCc1ccccc1)C(=O)CN(c1ccc(Br)cc1)S(=O)(=O)c1ccc(C)cc1. The van der Waals surface area contributed by atoms with Crippen molar-refractivity contribution in [2.75, 3.05) is 17.4 Å². The minimum absolute atomic E-state index is 0.0873. The number of aryl methyl sites for hydroxylation is 1. The largest absolute Gasteiger partial charge is 0.352 e. The summed E-state index contributed by atoms with van der Waals surface area (Å²) < 4.78 is 29.6. The molecule has 3 aromatic rings. The molecule has 2 amide bonds. The standard InChI is InChI=1S/C30H36BrN3O4S/c1-5-28(30(36)32-22(2)3)33(20-19-24-9-7-6-8-10-24)29(35)21-34(26-15-13-25(31)14-16-26)39(37,38)27-17-11-23(4)12-18-27/h6-18,22,28H,5,19-21H2,1-4H3,(H,32,36)/t28-/m0/s1. The second kappa shape index (κ2) is 13.8. The van der Waals surface area contributed by atoms with Crippen LogP contribution >= 0.6 is 15.9 Å². The van der Waals surface area contributed by atoms with Gasteiger partial charge in [-0.3, -0.25) is 13.9 Å². The number of carbonyl (C=O) groups excluding carboxylic acids is 2. The predicted octanol–water partition coefficient (Wildman–Crippen LogP) is 5.33. The molecule has 39 heavy (non-hydrogen) atoms. The van der Waals surface area contributed by atoms with Crippen LogP contribution in [0.4, 0.5) is 5.69 Å². The number of sulfonamides is 1. The lowest BCUT2D eigenvalue weighted by molar-refractivity contribution is -0.139. The van der Waals surface area contributed by atoms with Crippen LogP contribution < -0.4 is 9.62 Å². The van der Waals surface area contributed by atoms with Gasteiger partial charge in [-0.05, 0) is 75.6 Å². The Kier molecular flexibility index (Phi) is 10.7. The topological polar surface area (TPSA) is 86.8 Å². The number of benzene rings is 3. The van der Waals surface area contributed by atoms with Crippen LogP contribution in [0, 0.1) is 6.92 Å². The first-order valence-corrected chi connectivity index (χ1v) is 15.2. The van der Waals surface area contributed by atoms with Crippen molar-refractivity contribution in [3.05, 3.63) is 94.5 Å². The molecule has 0 heterocycles. The second-order valence-corrected chi connectivity index (χ2v) is 12.5.